The average Bonchev–Trinajstić information content (AvgIpc) is 2.83. The maximum absolute atomic E-state index is 4.58. The van der Waals surface area contributed by atoms with Gasteiger partial charge in [0.25, 0.3) is 0 Å². The van der Waals surface area contributed by atoms with E-state index in [-0.39, 0.29) is 0 Å². The molecule has 0 atom stereocenters. The van der Waals surface area contributed by atoms with Crippen molar-refractivity contribution in [1.29, 1.82) is 0 Å². The molecule has 0 bridgehead atoms. The van der Waals surface area contributed by atoms with Gasteiger partial charge in [0.15, 0.2) is 5.16 Å². The summed E-state index contributed by atoms with van der Waals surface area (Å²) in [5, 5.41) is 0.872. The Morgan fingerprint density at radius 3 is 3.00 bits per heavy atom. The van der Waals surface area contributed by atoms with Gasteiger partial charge < -0.3 is 4.57 Å². The van der Waals surface area contributed by atoms with Crippen LogP contribution in [-0.4, -0.2) is 37.2 Å². The zero-order valence-corrected chi connectivity index (χ0v) is 12.0. The highest BCUT2D eigenvalue weighted by Crippen LogP contribution is 2.20. The largest absolute Gasteiger partial charge is 0.340 e. The minimum atomic E-state index is 0.872. The Kier molecular flexibility index (Phi) is 3.52. The van der Waals surface area contributed by atoms with E-state index >= 15 is 0 Å². The lowest BCUT2D eigenvalue weighted by Crippen LogP contribution is -2.31. The smallest absolute Gasteiger partial charge is 0.187 e. The third-order valence-corrected chi connectivity index (χ3v) is 3.88. The molecule has 0 unspecified atom stereocenters. The molecule has 0 aromatic carbocycles. The molecule has 6 heteroatoms. The molecular weight excluding hydrogens is 258 g/mol. The summed E-state index contributed by atoms with van der Waals surface area (Å²) in [4.78, 5) is 15.7. The van der Waals surface area contributed by atoms with Crippen LogP contribution in [-0.2, 0) is 26.6 Å². The van der Waals surface area contributed by atoms with Crippen molar-refractivity contribution in [3.05, 3.63) is 35.7 Å². The fraction of sp³-hybridized carbons (Fsp3) is 0.462. The van der Waals surface area contributed by atoms with Crippen LogP contribution in [0.15, 0.2) is 23.9 Å². The molecule has 2 aromatic rings. The molecule has 100 valence electrons. The predicted octanol–water partition coefficient (Wildman–Crippen LogP) is 1.49. The minimum absolute atomic E-state index is 0.872. The molecule has 3 heterocycles. The van der Waals surface area contributed by atoms with E-state index in [2.05, 4.69) is 26.0 Å². The van der Waals surface area contributed by atoms with Gasteiger partial charge in [0, 0.05) is 51.1 Å². The number of fused-ring (bicyclic) bond motifs is 1. The van der Waals surface area contributed by atoms with Crippen LogP contribution >= 0.6 is 11.8 Å². The third-order valence-electron chi connectivity index (χ3n) is 3.32. The molecule has 1 aliphatic heterocycles. The lowest BCUT2D eigenvalue weighted by Gasteiger charge is -2.27. The van der Waals surface area contributed by atoms with E-state index in [4.69, 9.17) is 0 Å². The molecule has 0 saturated carbocycles. The van der Waals surface area contributed by atoms with Gasteiger partial charge in [0.05, 0.1) is 17.7 Å². The highest BCUT2D eigenvalue weighted by Gasteiger charge is 2.18. The number of thioether (sulfide) groups is 1. The summed E-state index contributed by atoms with van der Waals surface area (Å²) in [6.07, 6.45) is 8.90. The predicted molar refractivity (Wildman–Crippen MR) is 74.8 cm³/mol. The second-order valence-corrected chi connectivity index (χ2v) is 5.59. The maximum Gasteiger partial charge on any atom is 0.187 e. The fourth-order valence-electron chi connectivity index (χ4n) is 2.37. The molecule has 3 rings (SSSR count). The Labute approximate surface area is 117 Å². The van der Waals surface area contributed by atoms with Gasteiger partial charge in [-0.25, -0.2) is 15.0 Å². The van der Waals surface area contributed by atoms with Crippen LogP contribution in [0.4, 0.5) is 0 Å². The molecule has 1 aliphatic rings. The van der Waals surface area contributed by atoms with Crippen molar-refractivity contribution < 1.29 is 0 Å². The van der Waals surface area contributed by atoms with Crippen molar-refractivity contribution in [3.63, 3.8) is 0 Å². The summed E-state index contributed by atoms with van der Waals surface area (Å²) in [6, 6.07) is 0. The van der Waals surface area contributed by atoms with E-state index in [1.165, 1.54) is 11.3 Å². The van der Waals surface area contributed by atoms with Gasteiger partial charge in [-0.3, -0.25) is 4.90 Å². The molecule has 0 aliphatic carbocycles. The topological polar surface area (TPSA) is 46.8 Å². The number of aryl methyl sites for hydroxylation is 1. The Hall–Kier alpha value is -1.40. The first-order valence-electron chi connectivity index (χ1n) is 6.32. The van der Waals surface area contributed by atoms with Crippen molar-refractivity contribution in [2.24, 2.45) is 7.05 Å². The van der Waals surface area contributed by atoms with Crippen molar-refractivity contribution >= 4 is 11.8 Å². The van der Waals surface area contributed by atoms with Crippen LogP contribution in [0.1, 0.15) is 17.0 Å². The van der Waals surface area contributed by atoms with Crippen LogP contribution in [0.3, 0.4) is 0 Å². The van der Waals surface area contributed by atoms with Gasteiger partial charge in [0.2, 0.25) is 0 Å². The Morgan fingerprint density at radius 2 is 2.26 bits per heavy atom. The Bertz CT molecular complexity index is 580. The molecule has 0 spiro atoms. The molecule has 0 radical (unpaired) electrons. The van der Waals surface area contributed by atoms with Crippen molar-refractivity contribution in [2.45, 2.75) is 24.7 Å². The van der Waals surface area contributed by atoms with E-state index in [0.29, 0.717) is 0 Å². The molecule has 2 aromatic heterocycles. The molecule has 0 saturated heterocycles. The van der Waals surface area contributed by atoms with Gasteiger partial charge in [-0.05, 0) is 6.26 Å². The van der Waals surface area contributed by atoms with Gasteiger partial charge in [0.1, 0.15) is 0 Å². The first-order valence-corrected chi connectivity index (χ1v) is 7.55. The van der Waals surface area contributed by atoms with Gasteiger partial charge in [-0.2, -0.15) is 0 Å². The van der Waals surface area contributed by atoms with Crippen LogP contribution in [0.2, 0.25) is 0 Å². The van der Waals surface area contributed by atoms with Crippen LogP contribution in [0, 0.1) is 0 Å². The molecule has 0 N–H and O–H groups in total. The number of aromatic nitrogens is 4. The van der Waals surface area contributed by atoms with Gasteiger partial charge in [-0.15, -0.1) is 0 Å². The summed E-state index contributed by atoms with van der Waals surface area (Å²) < 4.78 is 1.99. The Balaban J connectivity index is 1.71. The van der Waals surface area contributed by atoms with E-state index in [9.17, 15) is 0 Å². The third kappa shape index (κ3) is 2.79. The number of imidazole rings is 1. The lowest BCUT2D eigenvalue weighted by atomic mass is 10.1. The first kappa shape index (κ1) is 12.6. The number of hydrogen-bond acceptors (Lipinski definition) is 5. The number of hydrogen-bond donors (Lipinski definition) is 0. The SMILES string of the molecule is CSc1ncc2c(n1)CCN(Cc1cn(C)cn1)C2. The molecule has 19 heavy (non-hydrogen) atoms. The van der Waals surface area contributed by atoms with Crippen molar-refractivity contribution in [3.8, 4) is 0 Å². The summed E-state index contributed by atoms with van der Waals surface area (Å²) in [5.74, 6) is 0. The zero-order valence-electron chi connectivity index (χ0n) is 11.2. The fourth-order valence-corrected chi connectivity index (χ4v) is 2.73. The molecular formula is C13H17N5S. The standard InChI is InChI=1S/C13H17N5S/c1-17-7-11(15-9-17)8-18-4-3-12-10(6-18)5-14-13(16-12)19-2/h5,7,9H,3-4,6,8H2,1-2H3. The van der Waals surface area contributed by atoms with Crippen LogP contribution < -0.4 is 0 Å². The van der Waals surface area contributed by atoms with Crippen LogP contribution in [0.25, 0.3) is 0 Å². The maximum atomic E-state index is 4.58. The summed E-state index contributed by atoms with van der Waals surface area (Å²) >= 11 is 1.60. The summed E-state index contributed by atoms with van der Waals surface area (Å²) in [7, 11) is 2.00. The number of rotatable bonds is 3. The van der Waals surface area contributed by atoms with E-state index < -0.39 is 0 Å². The number of nitrogens with zero attached hydrogens (tertiary/aromatic N) is 5. The van der Waals surface area contributed by atoms with Gasteiger partial charge in [-0.1, -0.05) is 11.8 Å². The second kappa shape index (κ2) is 5.30. The highest BCUT2D eigenvalue weighted by molar-refractivity contribution is 7.98. The van der Waals surface area contributed by atoms with E-state index in [1.54, 1.807) is 11.8 Å². The normalized spacial score (nSPS) is 15.5. The first-order chi connectivity index (χ1) is 9.24. The average molecular weight is 275 g/mol. The molecule has 5 nitrogen and oxygen atoms in total. The quantitative estimate of drug-likeness (QED) is 0.627. The molecule has 0 amide bonds. The summed E-state index contributed by atoms with van der Waals surface area (Å²) in [5.41, 5.74) is 3.57. The van der Waals surface area contributed by atoms with Crippen molar-refractivity contribution in [2.75, 3.05) is 12.8 Å². The highest BCUT2D eigenvalue weighted by atomic mass is 32.2. The van der Waals surface area contributed by atoms with Gasteiger partial charge >= 0.3 is 0 Å². The monoisotopic (exact) mass is 275 g/mol. The molecule has 0 fully saturated rings. The second-order valence-electron chi connectivity index (χ2n) is 4.82. The van der Waals surface area contributed by atoms with Crippen molar-refractivity contribution in [1.82, 2.24) is 24.4 Å². The zero-order chi connectivity index (χ0) is 13.2. The van der Waals surface area contributed by atoms with Crippen LogP contribution in [0.5, 0.6) is 0 Å². The minimum Gasteiger partial charge on any atom is -0.340 e. The van der Waals surface area contributed by atoms with E-state index in [0.717, 1.165) is 36.9 Å². The summed E-state index contributed by atoms with van der Waals surface area (Å²) in [6.45, 7) is 2.85. The lowest BCUT2D eigenvalue weighted by molar-refractivity contribution is 0.239. The van der Waals surface area contributed by atoms with E-state index in [1.807, 2.05) is 30.4 Å². The Morgan fingerprint density at radius 1 is 1.37 bits per heavy atom.